The highest BCUT2D eigenvalue weighted by atomic mass is 16.4. The standard InChI is InChI=1S/C13H19NO2/c1-5-11(7-6-9(2)3)10(4)12(8-14)13(15)16/h6,11H,5,7H2,1-4H3,(H,15,16). The summed E-state index contributed by atoms with van der Waals surface area (Å²) in [6.07, 6.45) is 3.71. The first-order valence-corrected chi connectivity index (χ1v) is 5.41. The van der Waals surface area contributed by atoms with E-state index in [9.17, 15) is 4.79 Å². The molecule has 0 saturated heterocycles. The van der Waals surface area contributed by atoms with Crippen LogP contribution in [-0.2, 0) is 4.79 Å². The number of nitriles is 1. The number of hydrogen-bond acceptors (Lipinski definition) is 2. The second kappa shape index (κ2) is 6.84. The van der Waals surface area contributed by atoms with E-state index in [2.05, 4.69) is 6.08 Å². The van der Waals surface area contributed by atoms with Crippen LogP contribution in [0.1, 0.15) is 40.5 Å². The Bertz CT molecular complexity index is 355. The molecule has 0 aliphatic heterocycles. The number of nitrogens with zero attached hydrogens (tertiary/aromatic N) is 1. The van der Waals surface area contributed by atoms with Gasteiger partial charge in [-0.2, -0.15) is 5.26 Å². The van der Waals surface area contributed by atoms with Crippen molar-refractivity contribution in [3.8, 4) is 6.07 Å². The Morgan fingerprint density at radius 3 is 2.31 bits per heavy atom. The highest BCUT2D eigenvalue weighted by Crippen LogP contribution is 2.23. The number of carboxylic acid groups (broad SMARTS) is 1. The quantitative estimate of drug-likeness (QED) is 0.440. The third-order valence-electron chi connectivity index (χ3n) is 2.64. The minimum absolute atomic E-state index is 0.117. The number of allylic oxidation sites excluding steroid dienone is 3. The van der Waals surface area contributed by atoms with Crippen molar-refractivity contribution in [2.45, 2.75) is 40.5 Å². The summed E-state index contributed by atoms with van der Waals surface area (Å²) in [5.74, 6) is -0.990. The highest BCUT2D eigenvalue weighted by molar-refractivity contribution is 5.92. The summed E-state index contributed by atoms with van der Waals surface area (Å²) in [6.45, 7) is 7.76. The summed E-state index contributed by atoms with van der Waals surface area (Å²) >= 11 is 0. The Labute approximate surface area is 97.1 Å². The van der Waals surface area contributed by atoms with E-state index >= 15 is 0 Å². The van der Waals surface area contributed by atoms with Gasteiger partial charge in [-0.1, -0.05) is 18.6 Å². The van der Waals surface area contributed by atoms with Crippen molar-refractivity contribution in [2.75, 3.05) is 0 Å². The monoisotopic (exact) mass is 221 g/mol. The Morgan fingerprint density at radius 2 is 2.00 bits per heavy atom. The van der Waals surface area contributed by atoms with Gasteiger partial charge in [0.05, 0.1) is 0 Å². The van der Waals surface area contributed by atoms with Gasteiger partial charge in [-0.25, -0.2) is 4.79 Å². The number of rotatable bonds is 5. The lowest BCUT2D eigenvalue weighted by Gasteiger charge is -2.14. The molecule has 0 radical (unpaired) electrons. The van der Waals surface area contributed by atoms with Crippen LogP contribution in [0.25, 0.3) is 0 Å². The second-order valence-corrected chi connectivity index (χ2v) is 4.10. The maximum absolute atomic E-state index is 10.8. The average molecular weight is 221 g/mol. The van der Waals surface area contributed by atoms with E-state index in [0.717, 1.165) is 12.8 Å². The van der Waals surface area contributed by atoms with E-state index in [1.165, 1.54) is 5.57 Å². The van der Waals surface area contributed by atoms with Crippen LogP contribution in [0.4, 0.5) is 0 Å². The molecular formula is C13H19NO2. The van der Waals surface area contributed by atoms with Crippen LogP contribution >= 0.6 is 0 Å². The van der Waals surface area contributed by atoms with Crippen LogP contribution in [0.5, 0.6) is 0 Å². The van der Waals surface area contributed by atoms with Crippen molar-refractivity contribution >= 4 is 5.97 Å². The minimum atomic E-state index is -1.13. The van der Waals surface area contributed by atoms with Gasteiger partial charge in [0.2, 0.25) is 0 Å². The van der Waals surface area contributed by atoms with Crippen LogP contribution in [-0.4, -0.2) is 11.1 Å². The number of hydrogen-bond donors (Lipinski definition) is 1. The van der Waals surface area contributed by atoms with Crippen LogP contribution in [0.15, 0.2) is 22.8 Å². The molecule has 0 aromatic heterocycles. The first kappa shape index (κ1) is 14.4. The van der Waals surface area contributed by atoms with Gasteiger partial charge in [-0.05, 0) is 45.1 Å². The summed E-state index contributed by atoms with van der Waals surface area (Å²) in [5, 5.41) is 17.7. The van der Waals surface area contributed by atoms with Gasteiger partial charge in [0.25, 0.3) is 0 Å². The molecule has 16 heavy (non-hydrogen) atoms. The first-order valence-electron chi connectivity index (χ1n) is 5.41. The predicted molar refractivity (Wildman–Crippen MR) is 63.8 cm³/mol. The fourth-order valence-electron chi connectivity index (χ4n) is 1.54. The van der Waals surface area contributed by atoms with Crippen molar-refractivity contribution in [3.63, 3.8) is 0 Å². The summed E-state index contributed by atoms with van der Waals surface area (Å²) < 4.78 is 0. The molecule has 0 aromatic carbocycles. The molecule has 1 N–H and O–H groups in total. The predicted octanol–water partition coefficient (Wildman–Crippen LogP) is 3.29. The van der Waals surface area contributed by atoms with Crippen molar-refractivity contribution < 1.29 is 9.90 Å². The lowest BCUT2D eigenvalue weighted by Crippen LogP contribution is -2.08. The van der Waals surface area contributed by atoms with E-state index in [-0.39, 0.29) is 11.5 Å². The van der Waals surface area contributed by atoms with Crippen molar-refractivity contribution in [1.29, 1.82) is 5.26 Å². The summed E-state index contributed by atoms with van der Waals surface area (Å²) in [5.41, 5.74) is 1.77. The van der Waals surface area contributed by atoms with Gasteiger partial charge < -0.3 is 5.11 Å². The van der Waals surface area contributed by atoms with Gasteiger partial charge >= 0.3 is 5.97 Å². The SMILES string of the molecule is CCC(CC=C(C)C)C(C)=C(C#N)C(=O)O. The van der Waals surface area contributed by atoms with E-state index in [1.54, 1.807) is 13.0 Å². The first-order chi connectivity index (χ1) is 7.43. The second-order valence-electron chi connectivity index (χ2n) is 4.10. The minimum Gasteiger partial charge on any atom is -0.477 e. The average Bonchev–Trinajstić information content (AvgIpc) is 2.18. The number of carboxylic acids is 1. The van der Waals surface area contributed by atoms with Gasteiger partial charge in [-0.3, -0.25) is 0 Å². The normalized spacial score (nSPS) is 13.4. The third kappa shape index (κ3) is 4.31. The maximum Gasteiger partial charge on any atom is 0.346 e. The molecule has 0 spiro atoms. The molecule has 3 nitrogen and oxygen atoms in total. The summed E-state index contributed by atoms with van der Waals surface area (Å²) in [6, 6.07) is 1.76. The van der Waals surface area contributed by atoms with E-state index in [0.29, 0.717) is 5.57 Å². The third-order valence-corrected chi connectivity index (χ3v) is 2.64. The highest BCUT2D eigenvalue weighted by Gasteiger charge is 2.16. The maximum atomic E-state index is 10.8. The summed E-state index contributed by atoms with van der Waals surface area (Å²) in [7, 11) is 0. The number of carbonyl (C=O) groups is 1. The van der Waals surface area contributed by atoms with Crippen LogP contribution in [0.3, 0.4) is 0 Å². The largest absolute Gasteiger partial charge is 0.477 e. The molecule has 1 atom stereocenters. The fourth-order valence-corrected chi connectivity index (χ4v) is 1.54. The van der Waals surface area contributed by atoms with Crippen LogP contribution < -0.4 is 0 Å². The molecule has 3 heteroatoms. The lowest BCUT2D eigenvalue weighted by atomic mass is 9.90. The smallest absolute Gasteiger partial charge is 0.346 e. The zero-order valence-electron chi connectivity index (χ0n) is 10.4. The van der Waals surface area contributed by atoms with Gasteiger partial charge in [0.15, 0.2) is 0 Å². The molecule has 88 valence electrons. The Balaban J connectivity index is 5.03. The molecule has 0 fully saturated rings. The van der Waals surface area contributed by atoms with Gasteiger partial charge in [0.1, 0.15) is 11.6 Å². The molecule has 0 heterocycles. The zero-order chi connectivity index (χ0) is 12.7. The van der Waals surface area contributed by atoms with Crippen LogP contribution in [0.2, 0.25) is 0 Å². The van der Waals surface area contributed by atoms with E-state index < -0.39 is 5.97 Å². The molecule has 0 rings (SSSR count). The molecule has 0 aliphatic rings. The van der Waals surface area contributed by atoms with Crippen molar-refractivity contribution in [3.05, 3.63) is 22.8 Å². The number of aliphatic carboxylic acids is 1. The lowest BCUT2D eigenvalue weighted by molar-refractivity contribution is -0.132. The molecule has 0 aromatic rings. The molecule has 0 aliphatic carbocycles. The molecule has 1 unspecified atom stereocenters. The van der Waals surface area contributed by atoms with Crippen molar-refractivity contribution in [2.24, 2.45) is 5.92 Å². The Hall–Kier alpha value is -1.56. The summed E-state index contributed by atoms with van der Waals surface area (Å²) in [4.78, 5) is 10.8. The molecule has 0 saturated carbocycles. The Morgan fingerprint density at radius 1 is 1.44 bits per heavy atom. The Kier molecular flexibility index (Phi) is 6.17. The topological polar surface area (TPSA) is 61.1 Å². The molecule has 0 bridgehead atoms. The fraction of sp³-hybridized carbons (Fsp3) is 0.538. The van der Waals surface area contributed by atoms with Gasteiger partial charge in [-0.15, -0.1) is 0 Å². The van der Waals surface area contributed by atoms with Crippen LogP contribution in [0, 0.1) is 17.2 Å². The zero-order valence-corrected chi connectivity index (χ0v) is 10.4. The molecule has 0 amide bonds. The van der Waals surface area contributed by atoms with E-state index in [4.69, 9.17) is 10.4 Å². The van der Waals surface area contributed by atoms with Crippen molar-refractivity contribution in [1.82, 2.24) is 0 Å². The van der Waals surface area contributed by atoms with Gasteiger partial charge in [0, 0.05) is 0 Å². The molecular weight excluding hydrogens is 202 g/mol. The van der Waals surface area contributed by atoms with E-state index in [1.807, 2.05) is 20.8 Å².